The Hall–Kier alpha value is -4.67. The van der Waals surface area contributed by atoms with E-state index < -0.39 is 30.2 Å². The minimum absolute atomic E-state index is 0.251. The predicted octanol–water partition coefficient (Wildman–Crippen LogP) is 3.83. The van der Waals surface area contributed by atoms with Crippen molar-refractivity contribution in [3.05, 3.63) is 95.6 Å². The van der Waals surface area contributed by atoms with Gasteiger partial charge in [-0.25, -0.2) is 9.79 Å². The molecule has 37 heavy (non-hydrogen) atoms. The Bertz CT molecular complexity index is 1360. The summed E-state index contributed by atoms with van der Waals surface area (Å²) in [6, 6.07) is 21.7. The first-order valence-corrected chi connectivity index (χ1v) is 11.1. The molecule has 0 saturated carbocycles. The van der Waals surface area contributed by atoms with Crippen LogP contribution in [-0.4, -0.2) is 42.9 Å². The maximum atomic E-state index is 13.2. The molecular weight excluding hydrogens is 487 g/mol. The molecule has 0 saturated heterocycles. The SMILES string of the molecule is CN1C(=O)[C@H](NC(=O)Nc2cccc(CNC(=O)C(F)(F)F)c2)N=C(c2ccccc2)c2ccccc21. The second-order valence-electron chi connectivity index (χ2n) is 8.14. The number of alkyl halides is 3. The van der Waals surface area contributed by atoms with Gasteiger partial charge in [-0.3, -0.25) is 9.59 Å². The van der Waals surface area contributed by atoms with E-state index in [9.17, 15) is 27.6 Å². The normalized spacial score (nSPS) is 15.2. The monoisotopic (exact) mass is 509 g/mol. The number of anilines is 2. The number of para-hydroxylation sites is 1. The van der Waals surface area contributed by atoms with E-state index in [1.807, 2.05) is 42.5 Å². The van der Waals surface area contributed by atoms with Crippen LogP contribution in [0.3, 0.4) is 0 Å². The lowest BCUT2D eigenvalue weighted by atomic mass is 10.0. The standard InChI is InChI=1S/C26H22F3N5O3/c1-34-20-13-6-5-12-19(20)21(17-9-3-2-4-10-17)32-22(23(34)35)33-25(37)31-18-11-7-8-16(14-18)15-30-24(36)26(27,28)29/h2-14,22H,15H2,1H3,(H,30,36)(H2,31,33,37)/t22-/m0/s1. The number of hydrogen-bond acceptors (Lipinski definition) is 4. The Labute approximate surface area is 210 Å². The first kappa shape index (κ1) is 25.4. The molecule has 0 bridgehead atoms. The lowest BCUT2D eigenvalue weighted by Gasteiger charge is -2.21. The average molecular weight is 509 g/mol. The number of aliphatic imine (C=N–C) groups is 1. The van der Waals surface area contributed by atoms with Crippen molar-refractivity contribution >= 4 is 34.9 Å². The molecule has 3 N–H and O–H groups in total. The topological polar surface area (TPSA) is 103 Å². The van der Waals surface area contributed by atoms with Gasteiger partial charge in [-0.2, -0.15) is 13.2 Å². The van der Waals surface area contributed by atoms with Crippen molar-refractivity contribution < 1.29 is 27.6 Å². The molecule has 4 rings (SSSR count). The number of nitrogens with zero attached hydrogens (tertiary/aromatic N) is 2. The highest BCUT2D eigenvalue weighted by Gasteiger charge is 2.38. The zero-order valence-electron chi connectivity index (χ0n) is 19.5. The molecule has 1 aliphatic rings. The Morgan fingerprint density at radius 1 is 0.973 bits per heavy atom. The number of likely N-dealkylation sites (N-methyl/N-ethyl adjacent to an activating group) is 1. The summed E-state index contributed by atoms with van der Waals surface area (Å²) in [6.07, 6.45) is -6.24. The van der Waals surface area contributed by atoms with Crippen LogP contribution in [-0.2, 0) is 16.1 Å². The van der Waals surface area contributed by atoms with Crippen LogP contribution in [0, 0.1) is 0 Å². The third kappa shape index (κ3) is 5.95. The summed E-state index contributed by atoms with van der Waals surface area (Å²) in [5, 5.41) is 6.89. The van der Waals surface area contributed by atoms with Crippen molar-refractivity contribution in [3.63, 3.8) is 0 Å². The van der Waals surface area contributed by atoms with E-state index >= 15 is 0 Å². The smallest absolute Gasteiger partial charge is 0.344 e. The highest BCUT2D eigenvalue weighted by atomic mass is 19.4. The zero-order valence-corrected chi connectivity index (χ0v) is 19.5. The highest BCUT2D eigenvalue weighted by molar-refractivity contribution is 6.20. The van der Waals surface area contributed by atoms with Gasteiger partial charge in [0, 0.05) is 30.4 Å². The number of benzene rings is 3. The fraction of sp³-hybridized carbons (Fsp3) is 0.154. The lowest BCUT2D eigenvalue weighted by molar-refractivity contribution is -0.173. The molecule has 0 radical (unpaired) electrons. The third-order valence-corrected chi connectivity index (χ3v) is 5.55. The molecule has 1 atom stereocenters. The predicted molar refractivity (Wildman–Crippen MR) is 132 cm³/mol. The first-order valence-electron chi connectivity index (χ1n) is 11.1. The second-order valence-corrected chi connectivity index (χ2v) is 8.14. The third-order valence-electron chi connectivity index (χ3n) is 5.55. The van der Waals surface area contributed by atoms with E-state index in [1.165, 1.54) is 29.2 Å². The van der Waals surface area contributed by atoms with Crippen molar-refractivity contribution in [2.75, 3.05) is 17.3 Å². The van der Waals surface area contributed by atoms with E-state index in [4.69, 9.17) is 0 Å². The molecule has 0 aliphatic carbocycles. The molecule has 1 heterocycles. The fourth-order valence-corrected chi connectivity index (χ4v) is 3.78. The van der Waals surface area contributed by atoms with Crippen molar-refractivity contribution in [1.82, 2.24) is 10.6 Å². The summed E-state index contributed by atoms with van der Waals surface area (Å²) in [5.41, 5.74) is 3.23. The zero-order chi connectivity index (χ0) is 26.6. The molecule has 3 aromatic carbocycles. The maximum absolute atomic E-state index is 13.2. The summed E-state index contributed by atoms with van der Waals surface area (Å²) in [6.45, 7) is -0.385. The van der Waals surface area contributed by atoms with Crippen LogP contribution < -0.4 is 20.9 Å². The van der Waals surface area contributed by atoms with Crippen LogP contribution in [0.1, 0.15) is 16.7 Å². The van der Waals surface area contributed by atoms with Gasteiger partial charge in [-0.1, -0.05) is 60.7 Å². The summed E-state index contributed by atoms with van der Waals surface area (Å²) in [4.78, 5) is 43.1. The molecule has 0 unspecified atom stereocenters. The van der Waals surface area contributed by atoms with E-state index in [1.54, 1.807) is 24.5 Å². The van der Waals surface area contributed by atoms with Crippen LogP contribution in [0.4, 0.5) is 29.3 Å². The number of hydrogen-bond donors (Lipinski definition) is 3. The number of halogens is 3. The summed E-state index contributed by atoms with van der Waals surface area (Å²) < 4.78 is 37.3. The minimum atomic E-state index is -4.99. The molecular formula is C26H22F3N5O3. The fourth-order valence-electron chi connectivity index (χ4n) is 3.78. The Kier molecular flexibility index (Phi) is 7.23. The van der Waals surface area contributed by atoms with Crippen LogP contribution in [0.5, 0.6) is 0 Å². The summed E-state index contributed by atoms with van der Waals surface area (Å²) in [5.74, 6) is -2.52. The van der Waals surface area contributed by atoms with Gasteiger partial charge >= 0.3 is 18.1 Å². The molecule has 11 heteroatoms. The number of carbonyl (C=O) groups excluding carboxylic acids is 3. The van der Waals surface area contributed by atoms with Gasteiger partial charge in [-0.15, -0.1) is 0 Å². The molecule has 3 aromatic rings. The van der Waals surface area contributed by atoms with Gasteiger partial charge in [0.1, 0.15) is 0 Å². The number of rotatable bonds is 5. The number of carbonyl (C=O) groups is 3. The summed E-state index contributed by atoms with van der Waals surface area (Å²) in [7, 11) is 1.59. The first-order chi connectivity index (χ1) is 17.6. The van der Waals surface area contributed by atoms with Crippen molar-refractivity contribution in [3.8, 4) is 0 Å². The van der Waals surface area contributed by atoms with Gasteiger partial charge in [0.05, 0.1) is 11.4 Å². The number of fused-ring (bicyclic) bond motifs is 1. The number of urea groups is 1. The van der Waals surface area contributed by atoms with Crippen LogP contribution in [0.25, 0.3) is 0 Å². The number of amides is 4. The van der Waals surface area contributed by atoms with Crippen LogP contribution in [0.15, 0.2) is 83.9 Å². The molecule has 190 valence electrons. The van der Waals surface area contributed by atoms with E-state index in [2.05, 4.69) is 15.6 Å². The maximum Gasteiger partial charge on any atom is 0.471 e. The molecule has 0 spiro atoms. The van der Waals surface area contributed by atoms with Gasteiger partial charge in [0.2, 0.25) is 6.17 Å². The molecule has 4 amide bonds. The lowest BCUT2D eigenvalue weighted by Crippen LogP contribution is -2.47. The van der Waals surface area contributed by atoms with E-state index in [0.717, 1.165) is 11.1 Å². The molecule has 1 aliphatic heterocycles. The van der Waals surface area contributed by atoms with Gasteiger partial charge < -0.3 is 20.9 Å². The Morgan fingerprint density at radius 2 is 1.68 bits per heavy atom. The molecule has 0 aromatic heterocycles. The number of benzodiazepines with no additional fused rings is 1. The minimum Gasteiger partial charge on any atom is -0.344 e. The quantitative estimate of drug-likeness (QED) is 0.487. The van der Waals surface area contributed by atoms with Gasteiger partial charge in [0.25, 0.3) is 5.91 Å². The van der Waals surface area contributed by atoms with Crippen LogP contribution >= 0.6 is 0 Å². The average Bonchev–Trinajstić information content (AvgIpc) is 2.98. The van der Waals surface area contributed by atoms with Crippen molar-refractivity contribution in [2.45, 2.75) is 18.9 Å². The van der Waals surface area contributed by atoms with Gasteiger partial charge in [-0.05, 0) is 23.8 Å². The largest absolute Gasteiger partial charge is 0.471 e. The molecule has 8 nitrogen and oxygen atoms in total. The number of nitrogens with one attached hydrogen (secondary N) is 3. The highest BCUT2D eigenvalue weighted by Crippen LogP contribution is 2.27. The van der Waals surface area contributed by atoms with Crippen LogP contribution in [0.2, 0.25) is 0 Å². The second kappa shape index (κ2) is 10.5. The molecule has 0 fully saturated rings. The Balaban J connectivity index is 1.53. The summed E-state index contributed by atoms with van der Waals surface area (Å²) >= 11 is 0. The van der Waals surface area contributed by atoms with Crippen molar-refractivity contribution in [2.24, 2.45) is 4.99 Å². The van der Waals surface area contributed by atoms with E-state index in [-0.39, 0.29) is 12.2 Å². The van der Waals surface area contributed by atoms with E-state index in [0.29, 0.717) is 17.0 Å². The van der Waals surface area contributed by atoms with Gasteiger partial charge in [0.15, 0.2) is 0 Å². The van der Waals surface area contributed by atoms with Crippen molar-refractivity contribution in [1.29, 1.82) is 0 Å². The Morgan fingerprint density at radius 3 is 2.41 bits per heavy atom.